The highest BCUT2D eigenvalue weighted by Crippen LogP contribution is 2.19. The van der Waals surface area contributed by atoms with Crippen molar-refractivity contribution in [2.45, 2.75) is 24.8 Å². The highest BCUT2D eigenvalue weighted by atomic mass is 32.2. The molecule has 1 N–H and O–H groups in total. The van der Waals surface area contributed by atoms with Crippen molar-refractivity contribution in [2.75, 3.05) is 18.1 Å². The van der Waals surface area contributed by atoms with Gasteiger partial charge < -0.3 is 10.1 Å². The first-order chi connectivity index (χ1) is 9.99. The molecular weight excluding hydrogens is 310 g/mol. The minimum atomic E-state index is -3.18. The van der Waals surface area contributed by atoms with Crippen LogP contribution in [0.2, 0.25) is 0 Å². The highest BCUT2D eigenvalue weighted by Gasteiger charge is 2.07. The maximum absolute atomic E-state index is 11.3. The molecular formula is C13H17N3O3S2. The van der Waals surface area contributed by atoms with Gasteiger partial charge in [0.05, 0.1) is 4.90 Å². The van der Waals surface area contributed by atoms with E-state index in [1.165, 1.54) is 29.7 Å². The van der Waals surface area contributed by atoms with E-state index in [9.17, 15) is 8.42 Å². The molecule has 0 aliphatic carbocycles. The maximum Gasteiger partial charge on any atom is 0.205 e. The van der Waals surface area contributed by atoms with Crippen LogP contribution in [0.5, 0.6) is 5.75 Å². The van der Waals surface area contributed by atoms with Crippen molar-refractivity contribution >= 4 is 26.3 Å². The Morgan fingerprint density at radius 2 is 1.95 bits per heavy atom. The van der Waals surface area contributed by atoms with Crippen molar-refractivity contribution in [1.82, 2.24) is 10.2 Å². The van der Waals surface area contributed by atoms with Gasteiger partial charge in [-0.3, -0.25) is 0 Å². The Kier molecular flexibility index (Phi) is 5.13. The summed E-state index contributed by atoms with van der Waals surface area (Å²) in [4.78, 5) is 0.275. The quantitative estimate of drug-likeness (QED) is 0.840. The number of hydrogen-bond acceptors (Lipinski definition) is 7. The maximum atomic E-state index is 11.3. The van der Waals surface area contributed by atoms with E-state index in [1.54, 1.807) is 12.1 Å². The van der Waals surface area contributed by atoms with Crippen LogP contribution in [0.25, 0.3) is 0 Å². The van der Waals surface area contributed by atoms with Gasteiger partial charge in [0.25, 0.3) is 0 Å². The molecule has 0 aliphatic heterocycles. The van der Waals surface area contributed by atoms with Gasteiger partial charge in [-0.1, -0.05) is 18.3 Å². The first-order valence-corrected chi connectivity index (χ1v) is 9.19. The summed E-state index contributed by atoms with van der Waals surface area (Å²) in [7, 11) is -3.18. The number of sulfone groups is 1. The average molecular weight is 327 g/mol. The third kappa shape index (κ3) is 4.68. The van der Waals surface area contributed by atoms with E-state index in [0.717, 1.165) is 23.1 Å². The molecule has 0 bridgehead atoms. The van der Waals surface area contributed by atoms with E-state index in [2.05, 4.69) is 22.4 Å². The van der Waals surface area contributed by atoms with Crippen molar-refractivity contribution in [3.63, 3.8) is 0 Å². The van der Waals surface area contributed by atoms with Crippen molar-refractivity contribution in [1.29, 1.82) is 0 Å². The molecule has 114 valence electrons. The van der Waals surface area contributed by atoms with E-state index in [0.29, 0.717) is 12.4 Å². The van der Waals surface area contributed by atoms with Gasteiger partial charge in [0.1, 0.15) is 12.4 Å². The molecule has 2 aromatic rings. The largest absolute Gasteiger partial charge is 0.486 e. The summed E-state index contributed by atoms with van der Waals surface area (Å²) in [6.45, 7) is 3.25. The molecule has 1 aromatic carbocycles. The molecule has 0 saturated heterocycles. The molecule has 8 heteroatoms. The summed E-state index contributed by atoms with van der Waals surface area (Å²) in [5.41, 5.74) is 0. The monoisotopic (exact) mass is 327 g/mol. The van der Waals surface area contributed by atoms with E-state index in [1.807, 2.05) is 0 Å². The first-order valence-electron chi connectivity index (χ1n) is 6.48. The zero-order chi connectivity index (χ0) is 15.3. The van der Waals surface area contributed by atoms with Gasteiger partial charge in [-0.15, -0.1) is 10.2 Å². The smallest absolute Gasteiger partial charge is 0.205 e. The van der Waals surface area contributed by atoms with Gasteiger partial charge in [0.15, 0.2) is 14.8 Å². The second-order valence-corrected chi connectivity index (χ2v) is 7.54. The predicted octanol–water partition coefficient (Wildman–Crippen LogP) is 2.34. The minimum absolute atomic E-state index is 0.275. The number of nitrogens with zero attached hydrogens (tertiary/aromatic N) is 2. The first kappa shape index (κ1) is 15.7. The van der Waals surface area contributed by atoms with Crippen LogP contribution < -0.4 is 10.1 Å². The molecule has 0 spiro atoms. The lowest BCUT2D eigenvalue weighted by Crippen LogP contribution is -1.98. The Hall–Kier alpha value is -1.67. The fraction of sp³-hybridized carbons (Fsp3) is 0.385. The Balaban J connectivity index is 1.92. The van der Waals surface area contributed by atoms with E-state index >= 15 is 0 Å². The number of aromatic nitrogens is 2. The molecule has 0 saturated carbocycles. The predicted molar refractivity (Wildman–Crippen MR) is 82.6 cm³/mol. The van der Waals surface area contributed by atoms with Gasteiger partial charge in [-0.2, -0.15) is 0 Å². The van der Waals surface area contributed by atoms with Crippen LogP contribution in [0.15, 0.2) is 29.2 Å². The Bertz CT molecular complexity index is 681. The summed E-state index contributed by atoms with van der Waals surface area (Å²) >= 11 is 1.45. The molecule has 0 amide bonds. The summed E-state index contributed by atoms with van der Waals surface area (Å²) in [5.74, 6) is 0.598. The molecule has 0 unspecified atom stereocenters. The van der Waals surface area contributed by atoms with Crippen molar-refractivity contribution < 1.29 is 13.2 Å². The molecule has 0 radical (unpaired) electrons. The van der Waals surface area contributed by atoms with Crippen LogP contribution in [0, 0.1) is 0 Å². The number of ether oxygens (including phenoxy) is 1. The van der Waals surface area contributed by atoms with Gasteiger partial charge in [-0.05, 0) is 30.7 Å². The second-order valence-electron chi connectivity index (χ2n) is 4.46. The highest BCUT2D eigenvalue weighted by molar-refractivity contribution is 7.90. The van der Waals surface area contributed by atoms with Crippen LogP contribution in [0.4, 0.5) is 5.13 Å². The molecule has 21 heavy (non-hydrogen) atoms. The Morgan fingerprint density at radius 1 is 1.24 bits per heavy atom. The van der Waals surface area contributed by atoms with Crippen LogP contribution in [-0.4, -0.2) is 31.4 Å². The number of rotatable bonds is 7. The fourth-order valence-electron chi connectivity index (χ4n) is 1.54. The lowest BCUT2D eigenvalue weighted by Gasteiger charge is -2.04. The average Bonchev–Trinajstić information content (AvgIpc) is 2.90. The minimum Gasteiger partial charge on any atom is -0.486 e. The summed E-state index contributed by atoms with van der Waals surface area (Å²) in [6.07, 6.45) is 2.20. The standard InChI is InChI=1S/C13H17N3O3S2/c1-3-8-14-13-16-15-12(20-13)9-19-10-4-6-11(7-5-10)21(2,17)18/h4-7H,3,8-9H2,1-2H3,(H,14,16). The van der Waals surface area contributed by atoms with Crippen molar-refractivity contribution in [2.24, 2.45) is 0 Å². The van der Waals surface area contributed by atoms with Crippen molar-refractivity contribution in [3.8, 4) is 5.75 Å². The SMILES string of the molecule is CCCNc1nnc(COc2ccc(S(C)(=O)=O)cc2)s1. The third-order valence-electron chi connectivity index (χ3n) is 2.61. The Morgan fingerprint density at radius 3 is 2.57 bits per heavy atom. The number of hydrogen-bond donors (Lipinski definition) is 1. The fourth-order valence-corrected chi connectivity index (χ4v) is 2.85. The molecule has 0 aliphatic rings. The van der Waals surface area contributed by atoms with Gasteiger partial charge in [0, 0.05) is 12.8 Å². The topological polar surface area (TPSA) is 81.2 Å². The normalized spacial score (nSPS) is 11.3. The number of benzene rings is 1. The number of nitrogens with one attached hydrogen (secondary N) is 1. The lowest BCUT2D eigenvalue weighted by atomic mass is 10.3. The Labute approximate surface area is 128 Å². The van der Waals surface area contributed by atoms with Crippen LogP contribution in [-0.2, 0) is 16.4 Å². The van der Waals surface area contributed by atoms with Crippen LogP contribution >= 0.6 is 11.3 Å². The zero-order valence-electron chi connectivity index (χ0n) is 11.9. The van der Waals surface area contributed by atoms with Crippen LogP contribution in [0.3, 0.4) is 0 Å². The molecule has 6 nitrogen and oxygen atoms in total. The summed E-state index contributed by atoms with van der Waals surface area (Å²) < 4.78 is 28.3. The van der Waals surface area contributed by atoms with Gasteiger partial charge in [-0.25, -0.2) is 8.42 Å². The van der Waals surface area contributed by atoms with Gasteiger partial charge in [0.2, 0.25) is 5.13 Å². The second kappa shape index (κ2) is 6.86. The zero-order valence-corrected chi connectivity index (χ0v) is 13.5. The van der Waals surface area contributed by atoms with Gasteiger partial charge >= 0.3 is 0 Å². The van der Waals surface area contributed by atoms with E-state index < -0.39 is 9.84 Å². The van der Waals surface area contributed by atoms with E-state index in [4.69, 9.17) is 4.74 Å². The number of anilines is 1. The molecule has 0 fully saturated rings. The molecule has 2 rings (SSSR count). The van der Waals surface area contributed by atoms with Crippen molar-refractivity contribution in [3.05, 3.63) is 29.3 Å². The third-order valence-corrected chi connectivity index (χ3v) is 4.59. The lowest BCUT2D eigenvalue weighted by molar-refractivity contribution is 0.304. The summed E-state index contributed by atoms with van der Waals surface area (Å²) in [6, 6.07) is 6.32. The molecule has 1 aromatic heterocycles. The van der Waals surface area contributed by atoms with E-state index in [-0.39, 0.29) is 4.90 Å². The molecule has 0 atom stereocenters. The summed E-state index contributed by atoms with van der Waals surface area (Å²) in [5, 5.41) is 12.7. The molecule has 1 heterocycles. The van der Waals surface area contributed by atoms with Crippen LogP contribution in [0.1, 0.15) is 18.4 Å².